The number of benzene rings is 1. The first-order valence-electron chi connectivity index (χ1n) is 6.50. The Labute approximate surface area is 114 Å². The molecule has 0 saturated carbocycles. The Bertz CT molecular complexity index is 549. The molecule has 100 valence electrons. The van der Waals surface area contributed by atoms with Crippen LogP contribution < -0.4 is 10.2 Å². The van der Waals surface area contributed by atoms with E-state index in [2.05, 4.69) is 51.4 Å². The number of anilines is 3. The highest BCUT2D eigenvalue weighted by Gasteiger charge is 2.08. The van der Waals surface area contributed by atoms with Gasteiger partial charge in [-0.05, 0) is 32.9 Å². The highest BCUT2D eigenvalue weighted by molar-refractivity contribution is 5.60. The summed E-state index contributed by atoms with van der Waals surface area (Å²) >= 11 is 0. The van der Waals surface area contributed by atoms with Crippen LogP contribution in [0.4, 0.5) is 17.5 Å². The Balaban J connectivity index is 2.32. The molecule has 0 spiro atoms. The van der Waals surface area contributed by atoms with E-state index in [-0.39, 0.29) is 0 Å². The van der Waals surface area contributed by atoms with E-state index in [0.29, 0.717) is 5.95 Å². The van der Waals surface area contributed by atoms with Gasteiger partial charge in [-0.25, -0.2) is 4.98 Å². The average molecular weight is 256 g/mol. The fourth-order valence-corrected chi connectivity index (χ4v) is 1.86. The molecule has 1 heterocycles. The number of aryl methyl sites for hydroxylation is 2. The molecule has 4 heteroatoms. The molecule has 1 aromatic carbocycles. The van der Waals surface area contributed by atoms with Crippen LogP contribution in [-0.2, 0) is 0 Å². The SMILES string of the molecule is CCNc1nc(C)cc(N(C)c2ccc(C)cc2)n1. The first kappa shape index (κ1) is 13.3. The van der Waals surface area contributed by atoms with E-state index in [0.717, 1.165) is 23.7 Å². The van der Waals surface area contributed by atoms with E-state index in [9.17, 15) is 0 Å². The lowest BCUT2D eigenvalue weighted by atomic mass is 10.2. The third-order valence-electron chi connectivity index (χ3n) is 2.94. The van der Waals surface area contributed by atoms with Crippen LogP contribution in [0.2, 0.25) is 0 Å². The van der Waals surface area contributed by atoms with Crippen LogP contribution in [-0.4, -0.2) is 23.6 Å². The molecule has 2 aromatic rings. The van der Waals surface area contributed by atoms with Crippen molar-refractivity contribution in [2.75, 3.05) is 23.8 Å². The number of aromatic nitrogens is 2. The van der Waals surface area contributed by atoms with Gasteiger partial charge in [-0.3, -0.25) is 0 Å². The molecule has 0 bridgehead atoms. The zero-order chi connectivity index (χ0) is 13.8. The number of hydrogen-bond donors (Lipinski definition) is 1. The minimum atomic E-state index is 0.677. The van der Waals surface area contributed by atoms with Crippen molar-refractivity contribution in [1.29, 1.82) is 0 Å². The molecule has 0 radical (unpaired) electrons. The maximum absolute atomic E-state index is 4.53. The second-order valence-corrected chi connectivity index (χ2v) is 4.62. The molecule has 0 aliphatic heterocycles. The second kappa shape index (κ2) is 5.69. The molecular weight excluding hydrogens is 236 g/mol. The molecule has 0 atom stereocenters. The summed E-state index contributed by atoms with van der Waals surface area (Å²) in [6.07, 6.45) is 0. The largest absolute Gasteiger partial charge is 0.354 e. The Morgan fingerprint density at radius 2 is 1.79 bits per heavy atom. The zero-order valence-electron chi connectivity index (χ0n) is 11.9. The third-order valence-corrected chi connectivity index (χ3v) is 2.94. The standard InChI is InChI=1S/C15H20N4/c1-5-16-15-17-12(3)10-14(18-15)19(4)13-8-6-11(2)7-9-13/h6-10H,5H2,1-4H3,(H,16,17,18). The molecule has 1 aromatic heterocycles. The van der Waals surface area contributed by atoms with E-state index in [1.807, 2.05) is 27.0 Å². The van der Waals surface area contributed by atoms with Crippen LogP contribution in [0.1, 0.15) is 18.2 Å². The van der Waals surface area contributed by atoms with Crippen molar-refractivity contribution in [2.24, 2.45) is 0 Å². The predicted molar refractivity (Wildman–Crippen MR) is 80.2 cm³/mol. The molecule has 2 rings (SSSR count). The highest BCUT2D eigenvalue weighted by Crippen LogP contribution is 2.23. The normalized spacial score (nSPS) is 10.3. The van der Waals surface area contributed by atoms with Gasteiger partial charge in [0, 0.05) is 31.0 Å². The number of hydrogen-bond acceptors (Lipinski definition) is 4. The maximum atomic E-state index is 4.53. The molecule has 0 aliphatic rings. The fraction of sp³-hybridized carbons (Fsp3) is 0.333. The van der Waals surface area contributed by atoms with Crippen LogP contribution in [0.3, 0.4) is 0 Å². The molecule has 19 heavy (non-hydrogen) atoms. The molecule has 0 saturated heterocycles. The summed E-state index contributed by atoms with van der Waals surface area (Å²) < 4.78 is 0. The minimum Gasteiger partial charge on any atom is -0.354 e. The lowest BCUT2D eigenvalue weighted by Gasteiger charge is -2.19. The number of rotatable bonds is 4. The van der Waals surface area contributed by atoms with Crippen LogP contribution in [0, 0.1) is 13.8 Å². The van der Waals surface area contributed by atoms with Crippen molar-refractivity contribution < 1.29 is 0 Å². The van der Waals surface area contributed by atoms with E-state index in [1.54, 1.807) is 0 Å². The van der Waals surface area contributed by atoms with Gasteiger partial charge in [0.1, 0.15) is 5.82 Å². The number of nitrogens with zero attached hydrogens (tertiary/aromatic N) is 3. The smallest absolute Gasteiger partial charge is 0.224 e. The Kier molecular flexibility index (Phi) is 4.00. The van der Waals surface area contributed by atoms with Crippen molar-refractivity contribution in [3.8, 4) is 0 Å². The minimum absolute atomic E-state index is 0.677. The van der Waals surface area contributed by atoms with Crippen LogP contribution >= 0.6 is 0 Å². The Morgan fingerprint density at radius 1 is 1.11 bits per heavy atom. The summed E-state index contributed by atoms with van der Waals surface area (Å²) in [7, 11) is 2.02. The monoisotopic (exact) mass is 256 g/mol. The van der Waals surface area contributed by atoms with Gasteiger partial charge in [0.2, 0.25) is 5.95 Å². The van der Waals surface area contributed by atoms with Crippen LogP contribution in [0.15, 0.2) is 30.3 Å². The zero-order valence-corrected chi connectivity index (χ0v) is 11.9. The van der Waals surface area contributed by atoms with E-state index in [1.165, 1.54) is 5.56 Å². The van der Waals surface area contributed by atoms with Crippen LogP contribution in [0.5, 0.6) is 0 Å². The van der Waals surface area contributed by atoms with E-state index in [4.69, 9.17) is 0 Å². The lowest BCUT2D eigenvalue weighted by molar-refractivity contribution is 1.02. The van der Waals surface area contributed by atoms with Gasteiger partial charge in [0.05, 0.1) is 0 Å². The quantitative estimate of drug-likeness (QED) is 0.911. The van der Waals surface area contributed by atoms with Gasteiger partial charge in [-0.2, -0.15) is 4.98 Å². The molecule has 0 aliphatic carbocycles. The van der Waals surface area contributed by atoms with Gasteiger partial charge in [-0.1, -0.05) is 17.7 Å². The van der Waals surface area contributed by atoms with Gasteiger partial charge in [0.25, 0.3) is 0 Å². The second-order valence-electron chi connectivity index (χ2n) is 4.62. The molecule has 0 fully saturated rings. The lowest BCUT2D eigenvalue weighted by Crippen LogP contribution is -2.13. The summed E-state index contributed by atoms with van der Waals surface area (Å²) in [5, 5.41) is 3.16. The Morgan fingerprint density at radius 3 is 2.42 bits per heavy atom. The van der Waals surface area contributed by atoms with Gasteiger partial charge >= 0.3 is 0 Å². The van der Waals surface area contributed by atoms with Crippen molar-refractivity contribution in [3.05, 3.63) is 41.6 Å². The van der Waals surface area contributed by atoms with Crippen LogP contribution in [0.25, 0.3) is 0 Å². The molecule has 1 N–H and O–H groups in total. The molecular formula is C15H20N4. The third kappa shape index (κ3) is 3.22. The summed E-state index contributed by atoms with van der Waals surface area (Å²) in [5.41, 5.74) is 3.33. The van der Waals surface area contributed by atoms with Gasteiger partial charge in [-0.15, -0.1) is 0 Å². The topological polar surface area (TPSA) is 41.1 Å². The Hall–Kier alpha value is -2.10. The summed E-state index contributed by atoms with van der Waals surface area (Å²) in [6, 6.07) is 10.4. The summed E-state index contributed by atoms with van der Waals surface area (Å²) in [6.45, 7) is 6.92. The first-order valence-corrected chi connectivity index (χ1v) is 6.50. The summed E-state index contributed by atoms with van der Waals surface area (Å²) in [5.74, 6) is 1.57. The molecule has 4 nitrogen and oxygen atoms in total. The van der Waals surface area contributed by atoms with Gasteiger partial charge < -0.3 is 10.2 Å². The van der Waals surface area contributed by atoms with Crippen molar-refractivity contribution >= 4 is 17.5 Å². The van der Waals surface area contributed by atoms with Crippen molar-refractivity contribution in [2.45, 2.75) is 20.8 Å². The first-order chi connectivity index (χ1) is 9.10. The maximum Gasteiger partial charge on any atom is 0.224 e. The fourth-order valence-electron chi connectivity index (χ4n) is 1.86. The molecule has 0 unspecified atom stereocenters. The molecule has 0 amide bonds. The average Bonchev–Trinajstić information content (AvgIpc) is 2.38. The van der Waals surface area contributed by atoms with E-state index >= 15 is 0 Å². The summed E-state index contributed by atoms with van der Waals surface area (Å²) in [4.78, 5) is 11.0. The van der Waals surface area contributed by atoms with E-state index < -0.39 is 0 Å². The van der Waals surface area contributed by atoms with Crippen molar-refractivity contribution in [3.63, 3.8) is 0 Å². The predicted octanol–water partition coefficient (Wildman–Crippen LogP) is 3.29. The van der Waals surface area contributed by atoms with Crippen molar-refractivity contribution in [1.82, 2.24) is 9.97 Å². The highest BCUT2D eigenvalue weighted by atomic mass is 15.2. The van der Waals surface area contributed by atoms with Gasteiger partial charge in [0.15, 0.2) is 0 Å². The number of nitrogens with one attached hydrogen (secondary N) is 1.